The van der Waals surface area contributed by atoms with Gasteiger partial charge in [-0.05, 0) is 37.9 Å². The van der Waals surface area contributed by atoms with Crippen LogP contribution in [0.3, 0.4) is 0 Å². The molecular weight excluding hydrogens is 226 g/mol. The van der Waals surface area contributed by atoms with Crippen LogP contribution in [0.5, 0.6) is 0 Å². The lowest BCUT2D eigenvalue weighted by Crippen LogP contribution is -2.31. The molecule has 18 heavy (non-hydrogen) atoms. The van der Waals surface area contributed by atoms with Crippen LogP contribution in [0.1, 0.15) is 36.1 Å². The van der Waals surface area contributed by atoms with Gasteiger partial charge < -0.3 is 5.11 Å². The van der Waals surface area contributed by atoms with Crippen molar-refractivity contribution in [2.45, 2.75) is 32.7 Å². The van der Waals surface area contributed by atoms with Gasteiger partial charge in [0.05, 0.1) is 5.92 Å². The van der Waals surface area contributed by atoms with Crippen LogP contribution in [0, 0.1) is 12.8 Å². The number of carbonyl (C=O) groups is 1. The van der Waals surface area contributed by atoms with Crippen molar-refractivity contribution in [2.24, 2.45) is 5.92 Å². The normalized spacial score (nSPS) is 19.9. The van der Waals surface area contributed by atoms with E-state index in [4.69, 9.17) is 5.11 Å². The van der Waals surface area contributed by atoms with Gasteiger partial charge >= 0.3 is 5.97 Å². The zero-order chi connectivity index (χ0) is 13.3. The Bertz CT molecular complexity index is 456. The number of carboxylic acid groups (broad SMARTS) is 1. The van der Waals surface area contributed by atoms with E-state index in [2.05, 4.69) is 30.0 Å². The van der Waals surface area contributed by atoms with E-state index in [1.165, 1.54) is 16.7 Å². The number of benzene rings is 1. The summed E-state index contributed by atoms with van der Waals surface area (Å²) in [6, 6.07) is 6.98. The molecule has 0 bridgehead atoms. The first kappa shape index (κ1) is 13.1. The van der Waals surface area contributed by atoms with Crippen molar-refractivity contribution in [3.8, 4) is 0 Å². The molecule has 0 aromatic heterocycles. The number of carboxylic acids is 1. The van der Waals surface area contributed by atoms with E-state index >= 15 is 0 Å². The summed E-state index contributed by atoms with van der Waals surface area (Å²) in [4.78, 5) is 13.1. The Kier molecular flexibility index (Phi) is 3.71. The van der Waals surface area contributed by atoms with E-state index in [1.807, 2.05) is 7.05 Å². The molecule has 2 rings (SSSR count). The van der Waals surface area contributed by atoms with E-state index in [-0.39, 0.29) is 5.92 Å². The van der Waals surface area contributed by atoms with Crippen LogP contribution >= 0.6 is 0 Å². The Morgan fingerprint density at radius 2 is 2.28 bits per heavy atom. The summed E-state index contributed by atoms with van der Waals surface area (Å²) in [5.74, 6) is -1.03. The van der Waals surface area contributed by atoms with Crippen molar-refractivity contribution >= 4 is 5.97 Å². The van der Waals surface area contributed by atoms with E-state index in [1.54, 1.807) is 6.92 Å². The van der Waals surface area contributed by atoms with Crippen LogP contribution in [0.25, 0.3) is 0 Å². The number of fused-ring (bicyclic) bond motifs is 1. The van der Waals surface area contributed by atoms with E-state index in [0.717, 1.165) is 12.8 Å². The molecule has 0 spiro atoms. The van der Waals surface area contributed by atoms with Gasteiger partial charge in [0, 0.05) is 12.6 Å². The minimum Gasteiger partial charge on any atom is -0.481 e. The average molecular weight is 247 g/mol. The first-order valence-electron chi connectivity index (χ1n) is 6.51. The SMILES string of the molecule is Cc1ccc2c(c1)C(N(C)CC(C)C(=O)O)CC2. The van der Waals surface area contributed by atoms with Crippen molar-refractivity contribution < 1.29 is 9.90 Å². The number of aryl methyl sites for hydroxylation is 2. The van der Waals surface area contributed by atoms with Crippen molar-refractivity contribution in [3.63, 3.8) is 0 Å². The van der Waals surface area contributed by atoms with Crippen molar-refractivity contribution in [3.05, 3.63) is 34.9 Å². The Hall–Kier alpha value is -1.35. The fourth-order valence-corrected chi connectivity index (χ4v) is 2.80. The van der Waals surface area contributed by atoms with Crippen molar-refractivity contribution in [1.29, 1.82) is 0 Å². The zero-order valence-electron chi connectivity index (χ0n) is 11.3. The predicted molar refractivity (Wildman–Crippen MR) is 71.7 cm³/mol. The number of hydrogen-bond acceptors (Lipinski definition) is 2. The molecule has 0 aliphatic heterocycles. The van der Waals surface area contributed by atoms with Gasteiger partial charge in [-0.1, -0.05) is 30.7 Å². The fourth-order valence-electron chi connectivity index (χ4n) is 2.80. The van der Waals surface area contributed by atoms with E-state index in [9.17, 15) is 4.79 Å². The maximum Gasteiger partial charge on any atom is 0.307 e. The minimum atomic E-state index is -0.718. The Labute approximate surface area is 108 Å². The van der Waals surface area contributed by atoms with Gasteiger partial charge in [-0.3, -0.25) is 9.69 Å². The highest BCUT2D eigenvalue weighted by Gasteiger charge is 2.27. The number of hydrogen-bond donors (Lipinski definition) is 1. The molecule has 1 aliphatic rings. The summed E-state index contributed by atoms with van der Waals surface area (Å²) in [7, 11) is 2.03. The summed E-state index contributed by atoms with van der Waals surface area (Å²) in [6.45, 7) is 4.48. The molecule has 1 aliphatic carbocycles. The number of rotatable bonds is 4. The van der Waals surface area contributed by atoms with Gasteiger partial charge in [0.2, 0.25) is 0 Å². The molecule has 0 fully saturated rings. The van der Waals surface area contributed by atoms with Gasteiger partial charge in [0.25, 0.3) is 0 Å². The maximum atomic E-state index is 10.9. The molecule has 0 amide bonds. The first-order valence-corrected chi connectivity index (χ1v) is 6.51. The number of aliphatic carboxylic acids is 1. The van der Waals surface area contributed by atoms with Gasteiger partial charge in [-0.2, -0.15) is 0 Å². The Morgan fingerprint density at radius 1 is 1.56 bits per heavy atom. The minimum absolute atomic E-state index is 0.316. The third kappa shape index (κ3) is 2.56. The smallest absolute Gasteiger partial charge is 0.307 e. The molecule has 0 radical (unpaired) electrons. The number of nitrogens with zero attached hydrogens (tertiary/aromatic N) is 1. The van der Waals surface area contributed by atoms with Crippen LogP contribution in [0.4, 0.5) is 0 Å². The molecule has 98 valence electrons. The summed E-state index contributed by atoms with van der Waals surface area (Å²) >= 11 is 0. The van der Waals surface area contributed by atoms with E-state index in [0.29, 0.717) is 12.6 Å². The van der Waals surface area contributed by atoms with Crippen LogP contribution < -0.4 is 0 Å². The Morgan fingerprint density at radius 3 is 2.94 bits per heavy atom. The molecule has 0 saturated heterocycles. The molecule has 0 saturated carbocycles. The second kappa shape index (κ2) is 5.11. The molecule has 2 unspecified atom stereocenters. The highest BCUT2D eigenvalue weighted by Crippen LogP contribution is 2.35. The third-order valence-electron chi connectivity index (χ3n) is 3.86. The highest BCUT2D eigenvalue weighted by atomic mass is 16.4. The molecule has 1 aromatic carbocycles. The monoisotopic (exact) mass is 247 g/mol. The second-order valence-corrected chi connectivity index (χ2v) is 5.44. The van der Waals surface area contributed by atoms with Crippen LogP contribution in [0.15, 0.2) is 18.2 Å². The van der Waals surface area contributed by atoms with Gasteiger partial charge in [-0.15, -0.1) is 0 Å². The van der Waals surface area contributed by atoms with Crippen molar-refractivity contribution in [2.75, 3.05) is 13.6 Å². The predicted octanol–water partition coefficient (Wildman–Crippen LogP) is 2.63. The molecule has 1 N–H and O–H groups in total. The average Bonchev–Trinajstić information content (AvgIpc) is 2.71. The van der Waals surface area contributed by atoms with Gasteiger partial charge in [0.1, 0.15) is 0 Å². The Balaban J connectivity index is 2.13. The van der Waals surface area contributed by atoms with E-state index < -0.39 is 5.97 Å². The lowest BCUT2D eigenvalue weighted by molar-refractivity contribution is -0.141. The van der Waals surface area contributed by atoms with Crippen LogP contribution in [-0.4, -0.2) is 29.6 Å². The summed E-state index contributed by atoms with van der Waals surface area (Å²) in [5, 5.41) is 8.99. The summed E-state index contributed by atoms with van der Waals surface area (Å²) in [6.07, 6.45) is 2.20. The third-order valence-corrected chi connectivity index (χ3v) is 3.86. The molecule has 3 nitrogen and oxygen atoms in total. The highest BCUT2D eigenvalue weighted by molar-refractivity contribution is 5.69. The van der Waals surface area contributed by atoms with Crippen molar-refractivity contribution in [1.82, 2.24) is 4.90 Å². The molecule has 1 aromatic rings. The summed E-state index contributed by atoms with van der Waals surface area (Å²) < 4.78 is 0. The quantitative estimate of drug-likeness (QED) is 0.889. The van der Waals surface area contributed by atoms with Gasteiger partial charge in [0.15, 0.2) is 0 Å². The van der Waals surface area contributed by atoms with Crippen LogP contribution in [0.2, 0.25) is 0 Å². The van der Waals surface area contributed by atoms with Gasteiger partial charge in [-0.25, -0.2) is 0 Å². The largest absolute Gasteiger partial charge is 0.481 e. The topological polar surface area (TPSA) is 40.5 Å². The zero-order valence-corrected chi connectivity index (χ0v) is 11.3. The molecule has 2 atom stereocenters. The standard InChI is InChI=1S/C15H21NO2/c1-10-4-5-12-6-7-14(13(12)8-10)16(3)9-11(2)15(17)18/h4-5,8,11,14H,6-7,9H2,1-3H3,(H,17,18). The lowest BCUT2D eigenvalue weighted by atomic mass is 10.0. The molecule has 0 heterocycles. The molecule has 3 heteroatoms. The maximum absolute atomic E-state index is 10.9. The summed E-state index contributed by atoms with van der Waals surface area (Å²) in [5.41, 5.74) is 4.08. The molecular formula is C15H21NO2. The lowest BCUT2D eigenvalue weighted by Gasteiger charge is -2.27. The second-order valence-electron chi connectivity index (χ2n) is 5.44. The van der Waals surface area contributed by atoms with Crippen LogP contribution in [-0.2, 0) is 11.2 Å². The fraction of sp³-hybridized carbons (Fsp3) is 0.533. The first-order chi connectivity index (χ1) is 8.49.